The molecule has 1 aromatic heterocycles. The van der Waals surface area contributed by atoms with E-state index in [-0.39, 0.29) is 5.56 Å². The van der Waals surface area contributed by atoms with Crippen molar-refractivity contribution in [3.8, 4) is 16.8 Å². The molecule has 4 rings (SSSR count). The van der Waals surface area contributed by atoms with Crippen molar-refractivity contribution in [2.45, 2.75) is 39.5 Å². The lowest BCUT2D eigenvalue weighted by Crippen LogP contribution is -2.28. The van der Waals surface area contributed by atoms with Crippen LogP contribution >= 0.6 is 0 Å². The topological polar surface area (TPSA) is 85.6 Å². The molecule has 0 radical (unpaired) electrons. The average Bonchev–Trinajstić information content (AvgIpc) is 2.94. The number of para-hydroxylation sites is 1. The Morgan fingerprint density at radius 2 is 1.74 bits per heavy atom. The van der Waals surface area contributed by atoms with Crippen LogP contribution < -0.4 is 10.9 Å². The first-order valence-corrected chi connectivity index (χ1v) is 12.7. The van der Waals surface area contributed by atoms with Crippen molar-refractivity contribution in [2.75, 3.05) is 7.11 Å². The van der Waals surface area contributed by atoms with Crippen molar-refractivity contribution < 1.29 is 9.63 Å². The van der Waals surface area contributed by atoms with Crippen LogP contribution in [-0.4, -0.2) is 28.9 Å². The monoisotopic (exact) mass is 508 g/mol. The molecule has 7 heteroatoms. The predicted molar refractivity (Wildman–Crippen MR) is 151 cm³/mol. The van der Waals surface area contributed by atoms with Crippen molar-refractivity contribution in [1.82, 2.24) is 14.9 Å². The summed E-state index contributed by atoms with van der Waals surface area (Å²) in [6.07, 6.45) is 3.84. The molecule has 1 heterocycles. The fraction of sp³-hybridized carbons (Fsp3) is 0.226. The second-order valence-corrected chi connectivity index (χ2v) is 8.97. The largest absolute Gasteiger partial charge is 0.397 e. The Balaban J connectivity index is 1.72. The molecular weight excluding hydrogens is 476 g/mol. The van der Waals surface area contributed by atoms with Crippen molar-refractivity contribution in [2.24, 2.45) is 5.16 Å². The zero-order chi connectivity index (χ0) is 26.9. The SMILES string of the molecule is CCCCc1nc(C)n(-c2ccccc2)c(=O)c1Cc1ccc(-c2ccccc2/C(=N/OC)NC=O)cc1. The highest BCUT2D eigenvalue weighted by Gasteiger charge is 2.17. The Kier molecular flexibility index (Phi) is 8.82. The van der Waals surface area contributed by atoms with Crippen LogP contribution in [0, 0.1) is 6.92 Å². The minimum Gasteiger partial charge on any atom is -0.397 e. The van der Waals surface area contributed by atoms with Gasteiger partial charge in [-0.25, -0.2) is 4.98 Å². The minimum atomic E-state index is -0.0235. The molecule has 0 atom stereocenters. The first kappa shape index (κ1) is 26.5. The number of carbonyl (C=O) groups excluding carboxylic acids is 1. The molecular formula is C31H32N4O3. The number of hydrogen-bond donors (Lipinski definition) is 1. The minimum absolute atomic E-state index is 0.0235. The summed E-state index contributed by atoms with van der Waals surface area (Å²) in [5.41, 5.74) is 6.00. The summed E-state index contributed by atoms with van der Waals surface area (Å²) in [5, 5.41) is 6.57. The van der Waals surface area contributed by atoms with Gasteiger partial charge in [-0.2, -0.15) is 0 Å². The molecule has 0 aliphatic heterocycles. The smallest absolute Gasteiger partial charge is 0.261 e. The lowest BCUT2D eigenvalue weighted by Gasteiger charge is -2.16. The highest BCUT2D eigenvalue weighted by atomic mass is 16.6. The number of carbonyl (C=O) groups is 1. The molecule has 3 aromatic carbocycles. The van der Waals surface area contributed by atoms with E-state index in [1.54, 1.807) is 4.57 Å². The number of amidine groups is 1. The lowest BCUT2D eigenvalue weighted by atomic mass is 9.96. The Morgan fingerprint density at radius 3 is 2.42 bits per heavy atom. The first-order chi connectivity index (χ1) is 18.6. The van der Waals surface area contributed by atoms with Gasteiger partial charge in [-0.3, -0.25) is 14.2 Å². The molecule has 0 spiro atoms. The van der Waals surface area contributed by atoms with Gasteiger partial charge in [0.15, 0.2) is 5.84 Å². The standard InChI is InChI=1S/C31H32N4O3/c1-4-5-15-29-28(31(37)35(22(2)33-29)25-11-7-6-8-12-25)20-23-16-18-24(19-17-23)26-13-9-10-14-27(26)30(32-21-36)34-38-3/h6-14,16-19,21H,4-5,15,20H2,1-3H3,(H,32,34,36). The maximum Gasteiger partial charge on any atom is 0.261 e. The van der Waals surface area contributed by atoms with Crippen molar-refractivity contribution in [3.05, 3.63) is 117 Å². The Bertz CT molecular complexity index is 1480. The van der Waals surface area contributed by atoms with Crippen LogP contribution in [0.1, 0.15) is 48.0 Å². The Morgan fingerprint density at radius 1 is 1.03 bits per heavy atom. The number of aromatic nitrogens is 2. The Labute approximate surface area is 222 Å². The number of rotatable bonds is 10. The summed E-state index contributed by atoms with van der Waals surface area (Å²) in [5.74, 6) is 1.02. The van der Waals surface area contributed by atoms with Gasteiger partial charge in [0.05, 0.1) is 11.4 Å². The second-order valence-electron chi connectivity index (χ2n) is 8.97. The predicted octanol–water partition coefficient (Wildman–Crippen LogP) is 5.20. The van der Waals surface area contributed by atoms with Gasteiger partial charge in [0.25, 0.3) is 5.56 Å². The van der Waals surface area contributed by atoms with Crippen molar-refractivity contribution in [1.29, 1.82) is 0 Å². The van der Waals surface area contributed by atoms with Crippen LogP contribution in [-0.2, 0) is 22.5 Å². The third-order valence-corrected chi connectivity index (χ3v) is 6.42. The fourth-order valence-corrected chi connectivity index (χ4v) is 4.58. The van der Waals surface area contributed by atoms with E-state index in [4.69, 9.17) is 9.82 Å². The van der Waals surface area contributed by atoms with E-state index in [1.807, 2.05) is 85.8 Å². The number of aryl methyl sites for hydroxylation is 2. The number of nitrogens with one attached hydrogen (secondary N) is 1. The van der Waals surface area contributed by atoms with E-state index < -0.39 is 0 Å². The number of benzene rings is 3. The van der Waals surface area contributed by atoms with Gasteiger partial charge in [0, 0.05) is 17.5 Å². The van der Waals surface area contributed by atoms with E-state index in [0.29, 0.717) is 24.5 Å². The average molecular weight is 509 g/mol. The van der Waals surface area contributed by atoms with E-state index >= 15 is 0 Å². The number of hydrogen-bond acceptors (Lipinski definition) is 5. The molecule has 7 nitrogen and oxygen atoms in total. The van der Waals surface area contributed by atoms with Gasteiger partial charge in [0.2, 0.25) is 6.41 Å². The van der Waals surface area contributed by atoms with E-state index in [9.17, 15) is 9.59 Å². The summed E-state index contributed by atoms with van der Waals surface area (Å²) < 4.78 is 1.70. The molecule has 4 aromatic rings. The molecule has 0 fully saturated rings. The number of amides is 1. The maximum absolute atomic E-state index is 13.8. The zero-order valence-electron chi connectivity index (χ0n) is 22.0. The summed E-state index contributed by atoms with van der Waals surface area (Å²) >= 11 is 0. The van der Waals surface area contributed by atoms with Crippen LogP contribution in [0.5, 0.6) is 0 Å². The highest BCUT2D eigenvalue weighted by molar-refractivity contribution is 6.08. The molecule has 0 saturated heterocycles. The van der Waals surface area contributed by atoms with Gasteiger partial charge in [-0.05, 0) is 48.6 Å². The van der Waals surface area contributed by atoms with Crippen molar-refractivity contribution >= 4 is 12.2 Å². The third kappa shape index (κ3) is 5.89. The molecule has 0 saturated carbocycles. The molecule has 194 valence electrons. The first-order valence-electron chi connectivity index (χ1n) is 12.7. The number of unbranched alkanes of at least 4 members (excludes halogenated alkanes) is 1. The highest BCUT2D eigenvalue weighted by Crippen LogP contribution is 2.25. The molecule has 0 aliphatic carbocycles. The normalized spacial score (nSPS) is 11.3. The quantitative estimate of drug-likeness (QED) is 0.138. The third-order valence-electron chi connectivity index (χ3n) is 6.42. The number of oxime groups is 1. The summed E-state index contributed by atoms with van der Waals surface area (Å²) in [7, 11) is 1.43. The maximum atomic E-state index is 13.8. The van der Waals surface area contributed by atoms with Gasteiger partial charge < -0.3 is 10.2 Å². The fourth-order valence-electron chi connectivity index (χ4n) is 4.58. The summed E-state index contributed by atoms with van der Waals surface area (Å²) in [4.78, 5) is 34.7. The van der Waals surface area contributed by atoms with Crippen LogP contribution in [0.15, 0.2) is 88.8 Å². The van der Waals surface area contributed by atoms with Gasteiger partial charge >= 0.3 is 0 Å². The molecule has 1 amide bonds. The molecule has 0 aliphatic rings. The zero-order valence-corrected chi connectivity index (χ0v) is 22.0. The van der Waals surface area contributed by atoms with E-state index in [0.717, 1.165) is 58.5 Å². The molecule has 38 heavy (non-hydrogen) atoms. The molecule has 0 bridgehead atoms. The van der Waals surface area contributed by atoms with E-state index in [2.05, 4.69) is 17.4 Å². The van der Waals surface area contributed by atoms with Crippen LogP contribution in [0.4, 0.5) is 0 Å². The number of nitrogens with zero attached hydrogens (tertiary/aromatic N) is 3. The van der Waals surface area contributed by atoms with Gasteiger partial charge in [-0.15, -0.1) is 0 Å². The van der Waals surface area contributed by atoms with Crippen LogP contribution in [0.3, 0.4) is 0 Å². The van der Waals surface area contributed by atoms with Crippen LogP contribution in [0.25, 0.3) is 16.8 Å². The van der Waals surface area contributed by atoms with Gasteiger partial charge in [0.1, 0.15) is 12.9 Å². The molecule has 1 N–H and O–H groups in total. The second kappa shape index (κ2) is 12.6. The molecule has 0 unspecified atom stereocenters. The van der Waals surface area contributed by atoms with Crippen molar-refractivity contribution in [3.63, 3.8) is 0 Å². The summed E-state index contributed by atoms with van der Waals surface area (Å²) in [6.45, 7) is 4.03. The van der Waals surface area contributed by atoms with Gasteiger partial charge in [-0.1, -0.05) is 85.2 Å². The van der Waals surface area contributed by atoms with Crippen LogP contribution in [0.2, 0.25) is 0 Å². The van der Waals surface area contributed by atoms with E-state index in [1.165, 1.54) is 7.11 Å². The lowest BCUT2D eigenvalue weighted by molar-refractivity contribution is -0.108. The Hall–Kier alpha value is -4.52. The summed E-state index contributed by atoms with van der Waals surface area (Å²) in [6, 6.07) is 25.4.